The molecule has 124 valence electrons. The molecule has 2 aromatic rings. The fourth-order valence-electron chi connectivity index (χ4n) is 2.79. The van der Waals surface area contributed by atoms with Crippen LogP contribution in [0.5, 0.6) is 11.5 Å². The highest BCUT2D eigenvalue weighted by atomic mass is 79.9. The maximum atomic E-state index is 5.58. The van der Waals surface area contributed by atoms with E-state index in [1.165, 1.54) is 15.6 Å². The smallest absolute Gasteiger partial charge is 0.130 e. The van der Waals surface area contributed by atoms with Crippen LogP contribution in [0.2, 0.25) is 0 Å². The van der Waals surface area contributed by atoms with Crippen molar-refractivity contribution in [3.63, 3.8) is 0 Å². The van der Waals surface area contributed by atoms with Gasteiger partial charge in [0.05, 0.1) is 19.8 Å². The summed E-state index contributed by atoms with van der Waals surface area (Å²) in [7, 11) is 3.40. The minimum atomic E-state index is 0.433. The molecule has 2 nitrogen and oxygen atoms in total. The van der Waals surface area contributed by atoms with E-state index in [2.05, 4.69) is 55.8 Å². The molecule has 0 radical (unpaired) electrons. The van der Waals surface area contributed by atoms with Crippen molar-refractivity contribution in [3.05, 3.63) is 45.9 Å². The fraction of sp³-hybridized carbons (Fsp3) is 0.400. The summed E-state index contributed by atoms with van der Waals surface area (Å²) < 4.78 is 12.4. The van der Waals surface area contributed by atoms with Crippen LogP contribution < -0.4 is 9.47 Å². The minimum absolute atomic E-state index is 0.433. The second-order valence-electron chi connectivity index (χ2n) is 6.32. The molecule has 0 saturated carbocycles. The zero-order chi connectivity index (χ0) is 17.1. The first-order valence-corrected chi connectivity index (χ1v) is 8.74. The van der Waals surface area contributed by atoms with Gasteiger partial charge in [-0.1, -0.05) is 49.7 Å². The van der Waals surface area contributed by atoms with Gasteiger partial charge in [0.1, 0.15) is 11.5 Å². The summed E-state index contributed by atoms with van der Waals surface area (Å²) in [5.41, 5.74) is 4.75. The maximum Gasteiger partial charge on any atom is 0.130 e. The Kier molecular flexibility index (Phi) is 5.74. The lowest BCUT2D eigenvalue weighted by atomic mass is 9.90. The molecule has 0 atom stereocenters. The number of ether oxygens (including phenoxy) is 2. The van der Waals surface area contributed by atoms with Gasteiger partial charge in [0.15, 0.2) is 0 Å². The molecule has 0 unspecified atom stereocenters. The molecule has 0 fully saturated rings. The van der Waals surface area contributed by atoms with Crippen molar-refractivity contribution in [2.75, 3.05) is 14.2 Å². The molecule has 0 saturated heterocycles. The Hall–Kier alpha value is -1.48. The summed E-state index contributed by atoms with van der Waals surface area (Å²) in [4.78, 5) is 0. The van der Waals surface area contributed by atoms with E-state index in [0.717, 1.165) is 22.6 Å². The highest BCUT2D eigenvalue weighted by Crippen LogP contribution is 2.43. The molecule has 23 heavy (non-hydrogen) atoms. The van der Waals surface area contributed by atoms with Gasteiger partial charge in [-0.25, -0.2) is 0 Å². The van der Waals surface area contributed by atoms with Gasteiger partial charge in [-0.3, -0.25) is 0 Å². The van der Waals surface area contributed by atoms with Crippen molar-refractivity contribution in [3.8, 4) is 22.6 Å². The van der Waals surface area contributed by atoms with Crippen LogP contribution in [0.4, 0.5) is 0 Å². The Morgan fingerprint density at radius 1 is 0.826 bits per heavy atom. The summed E-state index contributed by atoms with van der Waals surface area (Å²) in [6.07, 6.45) is 0. The van der Waals surface area contributed by atoms with Crippen molar-refractivity contribution in [1.82, 2.24) is 0 Å². The van der Waals surface area contributed by atoms with Gasteiger partial charge in [0, 0.05) is 4.47 Å². The number of methoxy groups -OCH3 is 2. The van der Waals surface area contributed by atoms with E-state index in [4.69, 9.17) is 9.47 Å². The number of hydrogen-bond donors (Lipinski definition) is 0. The van der Waals surface area contributed by atoms with Gasteiger partial charge in [-0.05, 0) is 52.8 Å². The van der Waals surface area contributed by atoms with Gasteiger partial charge < -0.3 is 9.47 Å². The standard InChI is InChI=1S/C20H25BrO2/c1-12(2)15-10-14(11-16(13(3)4)20(15)21)19-17(22-5)8-7-9-18(19)23-6/h7-13H,1-6H3. The lowest BCUT2D eigenvalue weighted by Crippen LogP contribution is -2.00. The number of hydrogen-bond acceptors (Lipinski definition) is 2. The fourth-order valence-corrected chi connectivity index (χ4v) is 3.93. The Balaban J connectivity index is 2.79. The predicted octanol–water partition coefficient (Wildman–Crippen LogP) is 6.38. The van der Waals surface area contributed by atoms with Crippen molar-refractivity contribution in [2.45, 2.75) is 39.5 Å². The van der Waals surface area contributed by atoms with Crippen LogP contribution in [0.15, 0.2) is 34.8 Å². The molecule has 0 aliphatic rings. The van der Waals surface area contributed by atoms with E-state index in [1.54, 1.807) is 14.2 Å². The summed E-state index contributed by atoms with van der Waals surface area (Å²) in [5.74, 6) is 2.53. The minimum Gasteiger partial charge on any atom is -0.496 e. The predicted molar refractivity (Wildman–Crippen MR) is 101 cm³/mol. The molecule has 0 amide bonds. The summed E-state index contributed by atoms with van der Waals surface area (Å²) in [6, 6.07) is 10.4. The van der Waals surface area contributed by atoms with Crippen LogP contribution in [0.3, 0.4) is 0 Å². The Morgan fingerprint density at radius 2 is 1.26 bits per heavy atom. The van der Waals surface area contributed by atoms with Gasteiger partial charge in [0.25, 0.3) is 0 Å². The second-order valence-corrected chi connectivity index (χ2v) is 7.11. The normalized spacial score (nSPS) is 11.2. The molecule has 0 aliphatic heterocycles. The van der Waals surface area contributed by atoms with Crippen LogP contribution in [0, 0.1) is 0 Å². The van der Waals surface area contributed by atoms with E-state index in [-0.39, 0.29) is 0 Å². The van der Waals surface area contributed by atoms with Gasteiger partial charge >= 0.3 is 0 Å². The van der Waals surface area contributed by atoms with Gasteiger partial charge in [-0.15, -0.1) is 0 Å². The Morgan fingerprint density at radius 3 is 1.61 bits per heavy atom. The quantitative estimate of drug-likeness (QED) is 0.602. The van der Waals surface area contributed by atoms with E-state index in [1.807, 2.05) is 18.2 Å². The first-order valence-electron chi connectivity index (χ1n) is 7.95. The second kappa shape index (κ2) is 7.39. The molecule has 0 aromatic heterocycles. The molecule has 2 aromatic carbocycles. The lowest BCUT2D eigenvalue weighted by Gasteiger charge is -2.20. The monoisotopic (exact) mass is 376 g/mol. The Bertz CT molecular complexity index is 639. The zero-order valence-electron chi connectivity index (χ0n) is 14.7. The van der Waals surface area contributed by atoms with Crippen molar-refractivity contribution in [1.29, 1.82) is 0 Å². The molecule has 0 spiro atoms. The highest BCUT2D eigenvalue weighted by molar-refractivity contribution is 9.10. The zero-order valence-corrected chi connectivity index (χ0v) is 16.3. The molecule has 0 N–H and O–H groups in total. The first-order chi connectivity index (χ1) is 10.9. The Labute approximate surface area is 148 Å². The largest absolute Gasteiger partial charge is 0.496 e. The van der Waals surface area contributed by atoms with Crippen molar-refractivity contribution in [2.24, 2.45) is 0 Å². The van der Waals surface area contributed by atoms with E-state index >= 15 is 0 Å². The van der Waals surface area contributed by atoms with E-state index in [0.29, 0.717) is 11.8 Å². The molecule has 2 rings (SSSR count). The highest BCUT2D eigenvalue weighted by Gasteiger charge is 2.18. The van der Waals surface area contributed by atoms with E-state index in [9.17, 15) is 0 Å². The summed E-state index contributed by atoms with van der Waals surface area (Å²) >= 11 is 3.80. The molecule has 3 heteroatoms. The van der Waals surface area contributed by atoms with Crippen LogP contribution in [-0.4, -0.2) is 14.2 Å². The average molecular weight is 377 g/mol. The van der Waals surface area contributed by atoms with Gasteiger partial charge in [0.2, 0.25) is 0 Å². The summed E-state index contributed by atoms with van der Waals surface area (Å²) in [6.45, 7) is 8.86. The summed E-state index contributed by atoms with van der Waals surface area (Å²) in [5, 5.41) is 0. The third kappa shape index (κ3) is 3.55. The van der Waals surface area contributed by atoms with Crippen LogP contribution >= 0.6 is 15.9 Å². The third-order valence-corrected chi connectivity index (χ3v) is 5.01. The molecule has 0 heterocycles. The molecular formula is C20H25BrO2. The molecule has 0 bridgehead atoms. The average Bonchev–Trinajstić information content (AvgIpc) is 2.53. The van der Waals surface area contributed by atoms with Crippen molar-refractivity contribution < 1.29 is 9.47 Å². The topological polar surface area (TPSA) is 18.5 Å². The van der Waals surface area contributed by atoms with Crippen LogP contribution in [0.1, 0.15) is 50.7 Å². The van der Waals surface area contributed by atoms with Gasteiger partial charge in [-0.2, -0.15) is 0 Å². The SMILES string of the molecule is COc1cccc(OC)c1-c1cc(C(C)C)c(Br)c(C(C)C)c1. The molecular weight excluding hydrogens is 352 g/mol. The molecule has 0 aliphatic carbocycles. The first kappa shape index (κ1) is 17.9. The van der Waals surface area contributed by atoms with Crippen molar-refractivity contribution >= 4 is 15.9 Å². The van der Waals surface area contributed by atoms with E-state index < -0.39 is 0 Å². The number of rotatable bonds is 5. The van der Waals surface area contributed by atoms with Crippen LogP contribution in [0.25, 0.3) is 11.1 Å². The van der Waals surface area contributed by atoms with Crippen LogP contribution in [-0.2, 0) is 0 Å². The number of benzene rings is 2. The maximum absolute atomic E-state index is 5.58. The third-order valence-electron chi connectivity index (χ3n) is 4.09. The lowest BCUT2D eigenvalue weighted by molar-refractivity contribution is 0.397. The number of halogens is 1.